The summed E-state index contributed by atoms with van der Waals surface area (Å²) in [7, 11) is 0. The largest absolute Gasteiger partial charge is 0.462 e. The standard InChI is InChI=1S/C50H86O5/c1-3-5-7-9-11-13-15-17-19-21-23-24-25-26-27-29-31-33-35-37-39-41-43-45-50(53)55-48(46-51)47-54-49(52)44-42-40-38-36-34-32-30-28-22-20-18-16-14-12-10-8-6-4-2/h5,7,11,13,17,19,23-24,26-27,31,33,48,51H,3-4,6,8-10,12,14-16,18,20-22,25,28-30,32,34-47H2,1-2H3/b7-5-,13-11-,19-17-,24-23-,27-26-,33-31-. The molecule has 0 bridgehead atoms. The van der Waals surface area contributed by atoms with Gasteiger partial charge in [-0.3, -0.25) is 9.59 Å². The van der Waals surface area contributed by atoms with E-state index in [1.807, 2.05) is 0 Å². The molecule has 0 radical (unpaired) electrons. The highest BCUT2D eigenvalue weighted by Gasteiger charge is 2.16. The number of hydrogen-bond acceptors (Lipinski definition) is 5. The maximum atomic E-state index is 12.2. The van der Waals surface area contributed by atoms with Crippen molar-refractivity contribution in [1.82, 2.24) is 0 Å². The van der Waals surface area contributed by atoms with Crippen LogP contribution in [0.2, 0.25) is 0 Å². The van der Waals surface area contributed by atoms with Gasteiger partial charge in [-0.25, -0.2) is 0 Å². The highest BCUT2D eigenvalue weighted by molar-refractivity contribution is 5.70. The quantitative estimate of drug-likeness (QED) is 0.0381. The zero-order valence-corrected chi connectivity index (χ0v) is 35.9. The molecule has 0 fully saturated rings. The minimum absolute atomic E-state index is 0.0773. The fourth-order valence-corrected chi connectivity index (χ4v) is 6.32. The van der Waals surface area contributed by atoms with Crippen LogP contribution in [-0.2, 0) is 19.1 Å². The van der Waals surface area contributed by atoms with Crippen molar-refractivity contribution >= 4 is 11.9 Å². The van der Waals surface area contributed by atoms with E-state index in [0.29, 0.717) is 12.8 Å². The van der Waals surface area contributed by atoms with Crippen LogP contribution < -0.4 is 0 Å². The molecule has 0 amide bonds. The lowest BCUT2D eigenvalue weighted by Crippen LogP contribution is -2.28. The molecule has 0 saturated carbocycles. The maximum absolute atomic E-state index is 12.2. The SMILES string of the molecule is CC/C=C\C/C=C\C/C=C\C/C=C\C/C=C\C/C=C\CCCCCCC(=O)OC(CO)COC(=O)CCCCCCCCCCCCCCCCCCCC. The number of carbonyl (C=O) groups excluding carboxylic acids is 2. The molecule has 316 valence electrons. The van der Waals surface area contributed by atoms with Crippen LogP contribution in [0, 0.1) is 0 Å². The van der Waals surface area contributed by atoms with Crippen LogP contribution in [0.4, 0.5) is 0 Å². The van der Waals surface area contributed by atoms with E-state index in [2.05, 4.69) is 86.8 Å². The molecule has 0 aromatic rings. The molecule has 5 nitrogen and oxygen atoms in total. The Morgan fingerprint density at radius 3 is 1.18 bits per heavy atom. The molecule has 0 aliphatic heterocycles. The van der Waals surface area contributed by atoms with Gasteiger partial charge in [-0.1, -0.05) is 209 Å². The summed E-state index contributed by atoms with van der Waals surface area (Å²) in [6.07, 6.45) is 61.2. The first-order chi connectivity index (χ1) is 27.1. The summed E-state index contributed by atoms with van der Waals surface area (Å²) < 4.78 is 10.6. The third kappa shape index (κ3) is 43.9. The van der Waals surface area contributed by atoms with E-state index in [9.17, 15) is 14.7 Å². The maximum Gasteiger partial charge on any atom is 0.306 e. The number of allylic oxidation sites excluding steroid dienone is 12. The van der Waals surface area contributed by atoms with Crippen molar-refractivity contribution in [1.29, 1.82) is 0 Å². The number of aliphatic hydroxyl groups is 1. The van der Waals surface area contributed by atoms with Crippen molar-refractivity contribution in [3.63, 3.8) is 0 Å². The van der Waals surface area contributed by atoms with Gasteiger partial charge in [-0.15, -0.1) is 0 Å². The number of aliphatic hydroxyl groups excluding tert-OH is 1. The number of unbranched alkanes of at least 4 members (excludes halogenated alkanes) is 21. The number of esters is 2. The van der Waals surface area contributed by atoms with E-state index in [4.69, 9.17) is 9.47 Å². The fourth-order valence-electron chi connectivity index (χ4n) is 6.32. The first-order valence-corrected chi connectivity index (χ1v) is 23.0. The number of carbonyl (C=O) groups is 2. The van der Waals surface area contributed by atoms with Crippen LogP contribution in [-0.4, -0.2) is 36.4 Å². The van der Waals surface area contributed by atoms with Crippen molar-refractivity contribution in [2.75, 3.05) is 13.2 Å². The second-order valence-corrected chi connectivity index (χ2v) is 15.1. The molecule has 1 atom stereocenters. The normalized spacial score (nSPS) is 12.9. The lowest BCUT2D eigenvalue weighted by molar-refractivity contribution is -0.161. The Kier molecular flexibility index (Phi) is 43.5. The average Bonchev–Trinajstić information content (AvgIpc) is 3.19. The smallest absolute Gasteiger partial charge is 0.306 e. The van der Waals surface area contributed by atoms with Crippen molar-refractivity contribution in [2.24, 2.45) is 0 Å². The van der Waals surface area contributed by atoms with Crippen molar-refractivity contribution in [2.45, 2.75) is 219 Å². The van der Waals surface area contributed by atoms with Gasteiger partial charge in [0, 0.05) is 12.8 Å². The number of hydrogen-bond donors (Lipinski definition) is 1. The predicted octanol–water partition coefficient (Wildman–Crippen LogP) is 14.9. The summed E-state index contributed by atoms with van der Waals surface area (Å²) in [6.45, 7) is 4.01. The van der Waals surface area contributed by atoms with E-state index >= 15 is 0 Å². The molecule has 0 aliphatic carbocycles. The molecule has 0 saturated heterocycles. The molecule has 0 rings (SSSR count). The van der Waals surface area contributed by atoms with Gasteiger partial charge in [0.2, 0.25) is 0 Å². The second kappa shape index (κ2) is 45.7. The zero-order valence-electron chi connectivity index (χ0n) is 35.9. The second-order valence-electron chi connectivity index (χ2n) is 15.1. The van der Waals surface area contributed by atoms with E-state index in [-0.39, 0.29) is 25.2 Å². The topological polar surface area (TPSA) is 72.8 Å². The van der Waals surface area contributed by atoms with Crippen LogP contribution in [0.3, 0.4) is 0 Å². The number of rotatable bonds is 41. The van der Waals surface area contributed by atoms with Crippen LogP contribution >= 0.6 is 0 Å². The van der Waals surface area contributed by atoms with Gasteiger partial charge in [0.05, 0.1) is 6.61 Å². The zero-order chi connectivity index (χ0) is 40.0. The average molecular weight is 767 g/mol. The first kappa shape index (κ1) is 52.3. The van der Waals surface area contributed by atoms with Crippen LogP contribution in [0.5, 0.6) is 0 Å². The summed E-state index contributed by atoms with van der Waals surface area (Å²) in [6, 6.07) is 0. The van der Waals surface area contributed by atoms with Crippen molar-refractivity contribution in [3.05, 3.63) is 72.9 Å². The van der Waals surface area contributed by atoms with Crippen molar-refractivity contribution in [3.8, 4) is 0 Å². The Hall–Kier alpha value is -2.66. The van der Waals surface area contributed by atoms with Crippen LogP contribution in [0.25, 0.3) is 0 Å². The monoisotopic (exact) mass is 767 g/mol. The van der Waals surface area contributed by atoms with Crippen molar-refractivity contribution < 1.29 is 24.2 Å². The molecule has 0 aliphatic rings. The summed E-state index contributed by atoms with van der Waals surface area (Å²) in [5, 5.41) is 9.60. The molecule has 1 N–H and O–H groups in total. The summed E-state index contributed by atoms with van der Waals surface area (Å²) in [5.41, 5.74) is 0. The third-order valence-corrected chi connectivity index (χ3v) is 9.76. The van der Waals surface area contributed by atoms with Gasteiger partial charge in [0.25, 0.3) is 0 Å². The summed E-state index contributed by atoms with van der Waals surface area (Å²) in [4.78, 5) is 24.4. The molecule has 0 heterocycles. The van der Waals surface area contributed by atoms with Gasteiger partial charge in [0.1, 0.15) is 6.61 Å². The Morgan fingerprint density at radius 1 is 0.436 bits per heavy atom. The molecule has 5 heteroatoms. The summed E-state index contributed by atoms with van der Waals surface area (Å²) >= 11 is 0. The van der Waals surface area contributed by atoms with Crippen LogP contribution in [0.15, 0.2) is 72.9 Å². The van der Waals surface area contributed by atoms with E-state index in [1.54, 1.807) is 0 Å². The highest BCUT2D eigenvalue weighted by atomic mass is 16.6. The Balaban J connectivity index is 3.60. The molecular weight excluding hydrogens is 681 g/mol. The Morgan fingerprint density at radius 2 is 0.782 bits per heavy atom. The molecule has 0 spiro atoms. The lowest BCUT2D eigenvalue weighted by atomic mass is 10.0. The molecular formula is C50H86O5. The van der Waals surface area contributed by atoms with Gasteiger partial charge < -0.3 is 14.6 Å². The third-order valence-electron chi connectivity index (χ3n) is 9.76. The first-order valence-electron chi connectivity index (χ1n) is 23.0. The fraction of sp³-hybridized carbons (Fsp3) is 0.720. The van der Waals surface area contributed by atoms with Gasteiger partial charge in [-0.05, 0) is 64.2 Å². The Labute approximate surface area is 340 Å². The Bertz CT molecular complexity index is 1000. The van der Waals surface area contributed by atoms with Gasteiger partial charge in [0.15, 0.2) is 6.10 Å². The number of ether oxygens (including phenoxy) is 2. The summed E-state index contributed by atoms with van der Waals surface area (Å²) in [5.74, 6) is -0.617. The van der Waals surface area contributed by atoms with Crippen LogP contribution in [0.1, 0.15) is 213 Å². The predicted molar refractivity (Wildman–Crippen MR) is 237 cm³/mol. The highest BCUT2D eigenvalue weighted by Crippen LogP contribution is 2.15. The van der Waals surface area contributed by atoms with Gasteiger partial charge in [-0.2, -0.15) is 0 Å². The molecule has 55 heavy (non-hydrogen) atoms. The minimum atomic E-state index is -0.787. The minimum Gasteiger partial charge on any atom is -0.462 e. The van der Waals surface area contributed by atoms with Gasteiger partial charge >= 0.3 is 11.9 Å². The molecule has 0 aromatic heterocycles. The van der Waals surface area contributed by atoms with E-state index in [1.165, 1.54) is 96.3 Å². The molecule has 1 unspecified atom stereocenters. The lowest BCUT2D eigenvalue weighted by Gasteiger charge is -2.15. The van der Waals surface area contributed by atoms with E-state index in [0.717, 1.165) is 89.9 Å². The molecule has 0 aromatic carbocycles. The van der Waals surface area contributed by atoms with E-state index < -0.39 is 6.10 Å².